The maximum atomic E-state index is 12.7. The predicted octanol–water partition coefficient (Wildman–Crippen LogP) is 3.43. The Bertz CT molecular complexity index is 842. The molecule has 2 aromatic rings. The number of aryl methyl sites for hydroxylation is 1. The predicted molar refractivity (Wildman–Crippen MR) is 120 cm³/mol. The van der Waals surface area contributed by atoms with Gasteiger partial charge in [-0.3, -0.25) is 14.5 Å². The molecule has 5 nitrogen and oxygen atoms in total. The highest BCUT2D eigenvalue weighted by Crippen LogP contribution is 2.22. The molecule has 3 heterocycles. The van der Waals surface area contributed by atoms with Crippen LogP contribution in [-0.2, 0) is 22.7 Å². The summed E-state index contributed by atoms with van der Waals surface area (Å²) < 4.78 is 0. The normalized spacial score (nSPS) is 20.6. The van der Waals surface area contributed by atoms with E-state index in [0.29, 0.717) is 25.4 Å². The maximum absolute atomic E-state index is 12.7. The zero-order chi connectivity index (χ0) is 20.9. The van der Waals surface area contributed by atoms with E-state index in [0.717, 1.165) is 44.6 Å². The number of hydrogen-bond donors (Lipinski definition) is 1. The number of likely N-dealkylation sites (tertiary alicyclic amines) is 2. The largest absolute Gasteiger partial charge is 0.356 e. The SMILES string of the molecule is Cc1ccc(CN2CC(C(=O)NCC3CCN(Cc4cccs4)CC3)CC2=O)cc1. The number of benzene rings is 1. The molecule has 1 unspecified atom stereocenters. The van der Waals surface area contributed by atoms with Crippen molar-refractivity contribution in [2.75, 3.05) is 26.2 Å². The zero-order valence-corrected chi connectivity index (χ0v) is 18.5. The molecular formula is C24H31N3O2S. The molecule has 0 radical (unpaired) electrons. The molecule has 1 atom stereocenters. The van der Waals surface area contributed by atoms with Crippen molar-refractivity contribution in [2.45, 2.75) is 39.3 Å². The molecule has 2 saturated heterocycles. The Balaban J connectivity index is 1.18. The monoisotopic (exact) mass is 425 g/mol. The Labute approximate surface area is 183 Å². The minimum absolute atomic E-state index is 0.0378. The van der Waals surface area contributed by atoms with Gasteiger partial charge in [-0.25, -0.2) is 0 Å². The van der Waals surface area contributed by atoms with E-state index in [9.17, 15) is 9.59 Å². The van der Waals surface area contributed by atoms with Crippen LogP contribution in [0, 0.1) is 18.8 Å². The summed E-state index contributed by atoms with van der Waals surface area (Å²) in [5.41, 5.74) is 2.32. The lowest BCUT2D eigenvalue weighted by atomic mass is 9.96. The summed E-state index contributed by atoms with van der Waals surface area (Å²) in [6.07, 6.45) is 2.57. The van der Waals surface area contributed by atoms with E-state index in [1.54, 1.807) is 0 Å². The molecule has 160 valence electrons. The highest BCUT2D eigenvalue weighted by Gasteiger charge is 2.34. The van der Waals surface area contributed by atoms with E-state index in [1.807, 2.05) is 16.2 Å². The van der Waals surface area contributed by atoms with Gasteiger partial charge >= 0.3 is 0 Å². The second-order valence-corrected chi connectivity index (χ2v) is 9.74. The molecule has 0 bridgehead atoms. The van der Waals surface area contributed by atoms with Crippen LogP contribution in [-0.4, -0.2) is 47.8 Å². The molecule has 1 N–H and O–H groups in total. The number of carbonyl (C=O) groups excluding carboxylic acids is 2. The fraction of sp³-hybridized carbons (Fsp3) is 0.500. The summed E-state index contributed by atoms with van der Waals surface area (Å²) in [6.45, 7) is 7.11. The lowest BCUT2D eigenvalue weighted by molar-refractivity contribution is -0.129. The van der Waals surface area contributed by atoms with E-state index in [2.05, 4.69) is 58.9 Å². The van der Waals surface area contributed by atoms with Crippen molar-refractivity contribution in [3.63, 3.8) is 0 Å². The van der Waals surface area contributed by atoms with Gasteiger partial charge < -0.3 is 10.2 Å². The van der Waals surface area contributed by atoms with Gasteiger partial charge in [0, 0.05) is 37.5 Å². The second kappa shape index (κ2) is 9.75. The van der Waals surface area contributed by atoms with Gasteiger partial charge in [-0.15, -0.1) is 11.3 Å². The number of nitrogens with one attached hydrogen (secondary N) is 1. The molecule has 30 heavy (non-hydrogen) atoms. The van der Waals surface area contributed by atoms with E-state index in [4.69, 9.17) is 0 Å². The van der Waals surface area contributed by atoms with E-state index < -0.39 is 0 Å². The van der Waals surface area contributed by atoms with Crippen LogP contribution in [0.1, 0.15) is 35.3 Å². The van der Waals surface area contributed by atoms with Crippen molar-refractivity contribution >= 4 is 23.2 Å². The first-order valence-corrected chi connectivity index (χ1v) is 11.8. The van der Waals surface area contributed by atoms with Gasteiger partial charge in [-0.1, -0.05) is 35.9 Å². The van der Waals surface area contributed by atoms with Crippen LogP contribution in [0.5, 0.6) is 0 Å². The minimum atomic E-state index is -0.220. The fourth-order valence-corrected chi connectivity index (χ4v) is 5.12. The molecule has 2 aliphatic rings. The lowest BCUT2D eigenvalue weighted by Gasteiger charge is -2.31. The fourth-order valence-electron chi connectivity index (χ4n) is 4.38. The summed E-state index contributed by atoms with van der Waals surface area (Å²) in [6, 6.07) is 12.5. The highest BCUT2D eigenvalue weighted by atomic mass is 32.1. The van der Waals surface area contributed by atoms with Crippen molar-refractivity contribution in [3.8, 4) is 0 Å². The van der Waals surface area contributed by atoms with E-state index in [-0.39, 0.29) is 17.7 Å². The topological polar surface area (TPSA) is 52.7 Å². The Kier molecular flexibility index (Phi) is 6.85. The summed E-state index contributed by atoms with van der Waals surface area (Å²) >= 11 is 1.82. The van der Waals surface area contributed by atoms with Crippen molar-refractivity contribution in [1.82, 2.24) is 15.1 Å². The van der Waals surface area contributed by atoms with Gasteiger partial charge in [0.15, 0.2) is 0 Å². The second-order valence-electron chi connectivity index (χ2n) is 8.70. The Morgan fingerprint density at radius 2 is 1.90 bits per heavy atom. The van der Waals surface area contributed by atoms with Crippen molar-refractivity contribution in [2.24, 2.45) is 11.8 Å². The molecule has 0 aliphatic carbocycles. The number of amides is 2. The first-order chi connectivity index (χ1) is 14.6. The molecule has 1 aromatic heterocycles. The minimum Gasteiger partial charge on any atom is -0.356 e. The molecule has 4 rings (SSSR count). The lowest BCUT2D eigenvalue weighted by Crippen LogP contribution is -2.40. The Morgan fingerprint density at radius 3 is 2.60 bits per heavy atom. The van der Waals surface area contributed by atoms with Gasteiger partial charge in [0.25, 0.3) is 0 Å². The van der Waals surface area contributed by atoms with Crippen molar-refractivity contribution < 1.29 is 9.59 Å². The third-order valence-electron chi connectivity index (χ3n) is 6.31. The smallest absolute Gasteiger partial charge is 0.225 e. The number of piperidine rings is 1. The quantitative estimate of drug-likeness (QED) is 0.739. The van der Waals surface area contributed by atoms with Gasteiger partial charge in [-0.2, -0.15) is 0 Å². The number of rotatable bonds is 7. The molecule has 0 spiro atoms. The molecule has 2 amide bonds. The van der Waals surface area contributed by atoms with Crippen LogP contribution in [0.4, 0.5) is 0 Å². The molecule has 0 saturated carbocycles. The molecule has 6 heteroatoms. The molecule has 1 aromatic carbocycles. The number of hydrogen-bond acceptors (Lipinski definition) is 4. The standard InChI is InChI=1S/C24H31N3O2S/c1-18-4-6-20(7-5-18)15-27-16-21(13-23(27)28)24(29)25-14-19-8-10-26(11-9-19)17-22-3-2-12-30-22/h2-7,12,19,21H,8-11,13-17H2,1H3,(H,25,29). The third-order valence-corrected chi connectivity index (χ3v) is 7.17. The summed E-state index contributed by atoms with van der Waals surface area (Å²) in [4.78, 5) is 30.8. The number of carbonyl (C=O) groups is 2. The first-order valence-electron chi connectivity index (χ1n) is 10.9. The molecule has 2 aliphatic heterocycles. The summed E-state index contributed by atoms with van der Waals surface area (Å²) in [7, 11) is 0. The van der Waals surface area contributed by atoms with Crippen molar-refractivity contribution in [1.29, 1.82) is 0 Å². The van der Waals surface area contributed by atoms with E-state index >= 15 is 0 Å². The maximum Gasteiger partial charge on any atom is 0.225 e. The van der Waals surface area contributed by atoms with Crippen LogP contribution in [0.15, 0.2) is 41.8 Å². The van der Waals surface area contributed by atoms with Crippen LogP contribution in [0.25, 0.3) is 0 Å². The molecule has 2 fully saturated rings. The van der Waals surface area contributed by atoms with Gasteiger partial charge in [-0.05, 0) is 55.8 Å². The van der Waals surface area contributed by atoms with E-state index in [1.165, 1.54) is 10.4 Å². The third kappa shape index (κ3) is 5.49. The summed E-state index contributed by atoms with van der Waals surface area (Å²) in [5.74, 6) is 0.435. The average Bonchev–Trinajstić information content (AvgIpc) is 3.39. The average molecular weight is 426 g/mol. The van der Waals surface area contributed by atoms with Crippen LogP contribution in [0.3, 0.4) is 0 Å². The zero-order valence-electron chi connectivity index (χ0n) is 17.7. The highest BCUT2D eigenvalue weighted by molar-refractivity contribution is 7.09. The van der Waals surface area contributed by atoms with Crippen LogP contribution >= 0.6 is 11.3 Å². The van der Waals surface area contributed by atoms with Crippen LogP contribution < -0.4 is 5.32 Å². The number of thiophene rings is 1. The van der Waals surface area contributed by atoms with Crippen LogP contribution in [0.2, 0.25) is 0 Å². The number of nitrogens with zero attached hydrogens (tertiary/aromatic N) is 2. The Morgan fingerprint density at radius 1 is 1.13 bits per heavy atom. The van der Waals surface area contributed by atoms with Crippen molar-refractivity contribution in [3.05, 3.63) is 57.8 Å². The van der Waals surface area contributed by atoms with Gasteiger partial charge in [0.05, 0.1) is 5.92 Å². The van der Waals surface area contributed by atoms with Gasteiger partial charge in [0.2, 0.25) is 11.8 Å². The summed E-state index contributed by atoms with van der Waals surface area (Å²) in [5, 5.41) is 5.27. The first kappa shape index (κ1) is 21.1. The molecular weight excluding hydrogens is 394 g/mol. The van der Waals surface area contributed by atoms with Gasteiger partial charge in [0.1, 0.15) is 0 Å². The Hall–Kier alpha value is -2.18.